The predicted molar refractivity (Wildman–Crippen MR) is 143 cm³/mol. The Labute approximate surface area is 219 Å². The average molecular weight is 526 g/mol. The van der Waals surface area contributed by atoms with E-state index < -0.39 is 10.0 Å². The second-order valence-electron chi connectivity index (χ2n) is 10.00. The molecule has 1 aliphatic carbocycles. The van der Waals surface area contributed by atoms with Gasteiger partial charge in [-0.3, -0.25) is 4.79 Å². The minimum absolute atomic E-state index is 0.00361. The number of ether oxygens (including phenoxy) is 1. The smallest absolute Gasteiger partial charge is 0.225 e. The van der Waals surface area contributed by atoms with Gasteiger partial charge in [0.05, 0.1) is 30.5 Å². The highest BCUT2D eigenvalue weighted by Crippen LogP contribution is 2.46. The molecule has 2 aromatic rings. The molecule has 1 aromatic heterocycles. The molecular weight excluding hydrogens is 490 g/mol. The van der Waals surface area contributed by atoms with Crippen LogP contribution in [0, 0.1) is 18.3 Å². The van der Waals surface area contributed by atoms with E-state index in [1.807, 2.05) is 43.0 Å². The lowest BCUT2D eigenvalue weighted by Gasteiger charge is -2.41. The summed E-state index contributed by atoms with van der Waals surface area (Å²) in [6.45, 7) is 6.48. The summed E-state index contributed by atoms with van der Waals surface area (Å²) in [6.07, 6.45) is 3.65. The van der Waals surface area contributed by atoms with Crippen LogP contribution >= 0.6 is 0 Å². The van der Waals surface area contributed by atoms with Gasteiger partial charge in [-0.2, -0.15) is 5.26 Å². The number of aromatic nitrogens is 1. The van der Waals surface area contributed by atoms with Gasteiger partial charge in [-0.1, -0.05) is 24.3 Å². The lowest BCUT2D eigenvalue weighted by Crippen LogP contribution is -2.54. The van der Waals surface area contributed by atoms with E-state index in [2.05, 4.69) is 15.7 Å². The van der Waals surface area contributed by atoms with E-state index in [1.54, 1.807) is 7.11 Å². The lowest BCUT2D eigenvalue weighted by atomic mass is 9.92. The number of carbonyl (C=O) groups is 1. The number of rotatable bonds is 9. The maximum absolute atomic E-state index is 12.6. The summed E-state index contributed by atoms with van der Waals surface area (Å²) in [5, 5.41) is 10.2. The van der Waals surface area contributed by atoms with E-state index in [-0.39, 0.29) is 18.5 Å². The zero-order chi connectivity index (χ0) is 26.7. The number of piperazine rings is 1. The van der Waals surface area contributed by atoms with E-state index in [4.69, 9.17) is 9.72 Å². The van der Waals surface area contributed by atoms with Crippen LogP contribution in [0.1, 0.15) is 54.5 Å². The molecule has 198 valence electrons. The number of nitriles is 1. The zero-order valence-corrected chi connectivity index (χ0v) is 22.8. The average Bonchev–Trinajstić information content (AvgIpc) is 3.71. The van der Waals surface area contributed by atoms with Crippen molar-refractivity contribution in [1.82, 2.24) is 14.6 Å². The van der Waals surface area contributed by atoms with Crippen LogP contribution in [0.2, 0.25) is 0 Å². The van der Waals surface area contributed by atoms with Crippen LogP contribution in [-0.4, -0.2) is 69.9 Å². The van der Waals surface area contributed by atoms with Crippen molar-refractivity contribution in [2.75, 3.05) is 44.5 Å². The van der Waals surface area contributed by atoms with Crippen molar-refractivity contribution in [1.29, 1.82) is 5.26 Å². The molecule has 1 amide bonds. The van der Waals surface area contributed by atoms with E-state index in [9.17, 15) is 18.5 Å². The Hall–Kier alpha value is -3.00. The largest absolute Gasteiger partial charge is 0.384 e. The summed E-state index contributed by atoms with van der Waals surface area (Å²) in [4.78, 5) is 21.7. The quantitative estimate of drug-likeness (QED) is 0.535. The van der Waals surface area contributed by atoms with Crippen LogP contribution in [0.3, 0.4) is 0 Å². The number of anilines is 1. The second kappa shape index (κ2) is 11.2. The fraction of sp³-hybridized carbons (Fsp3) is 0.519. The van der Waals surface area contributed by atoms with Crippen molar-refractivity contribution in [3.8, 4) is 17.2 Å². The molecule has 4 rings (SSSR count). The number of pyridine rings is 1. The second-order valence-corrected chi connectivity index (χ2v) is 11.8. The first-order valence-electron chi connectivity index (χ1n) is 12.6. The number of methoxy groups -OCH3 is 1. The molecule has 1 saturated carbocycles. The van der Waals surface area contributed by atoms with E-state index in [0.29, 0.717) is 50.0 Å². The molecule has 0 radical (unpaired) electrons. The van der Waals surface area contributed by atoms with Crippen molar-refractivity contribution < 1.29 is 17.9 Å². The molecule has 2 aliphatic rings. The van der Waals surface area contributed by atoms with Crippen LogP contribution < -0.4 is 9.62 Å². The van der Waals surface area contributed by atoms with Gasteiger partial charge in [0.1, 0.15) is 11.9 Å². The Bertz CT molecular complexity index is 1300. The number of hydrogen-bond donors (Lipinski definition) is 1. The van der Waals surface area contributed by atoms with Crippen LogP contribution in [0.25, 0.3) is 11.1 Å². The maximum Gasteiger partial charge on any atom is 0.225 e. The summed E-state index contributed by atoms with van der Waals surface area (Å²) in [5.74, 6) is 1.15. The van der Waals surface area contributed by atoms with Crippen molar-refractivity contribution in [3.63, 3.8) is 0 Å². The maximum atomic E-state index is 12.6. The highest BCUT2D eigenvalue weighted by atomic mass is 32.2. The summed E-state index contributed by atoms with van der Waals surface area (Å²) >= 11 is 0. The normalized spacial score (nSPS) is 18.1. The van der Waals surface area contributed by atoms with Gasteiger partial charge >= 0.3 is 0 Å². The van der Waals surface area contributed by atoms with E-state index >= 15 is 0 Å². The fourth-order valence-corrected chi connectivity index (χ4v) is 5.38. The first-order chi connectivity index (χ1) is 17.6. The minimum atomic E-state index is -3.27. The number of benzene rings is 1. The van der Waals surface area contributed by atoms with Gasteiger partial charge in [0.2, 0.25) is 15.9 Å². The zero-order valence-electron chi connectivity index (χ0n) is 22.0. The third kappa shape index (κ3) is 6.29. The van der Waals surface area contributed by atoms with Crippen LogP contribution in [0.5, 0.6) is 0 Å². The molecule has 2 heterocycles. The molecule has 1 saturated heterocycles. The molecule has 10 heteroatoms. The first kappa shape index (κ1) is 27.0. The van der Waals surface area contributed by atoms with E-state index in [1.165, 1.54) is 0 Å². The Kier molecular flexibility index (Phi) is 8.17. The molecule has 1 atom stereocenters. The van der Waals surface area contributed by atoms with Gasteiger partial charge in [0.15, 0.2) is 0 Å². The molecule has 0 spiro atoms. The van der Waals surface area contributed by atoms with Crippen molar-refractivity contribution in [2.24, 2.45) is 0 Å². The monoisotopic (exact) mass is 525 g/mol. The summed E-state index contributed by atoms with van der Waals surface area (Å²) < 4.78 is 30.4. The number of sulfonamides is 1. The summed E-state index contributed by atoms with van der Waals surface area (Å²) in [5.41, 5.74) is 5.31. The minimum Gasteiger partial charge on any atom is -0.384 e. The number of amides is 1. The van der Waals surface area contributed by atoms with Crippen molar-refractivity contribution in [3.05, 3.63) is 46.6 Å². The van der Waals surface area contributed by atoms with Gasteiger partial charge < -0.3 is 14.5 Å². The third-order valence-corrected chi connectivity index (χ3v) is 7.75. The van der Waals surface area contributed by atoms with Crippen LogP contribution in [0.15, 0.2) is 24.3 Å². The lowest BCUT2D eigenvalue weighted by molar-refractivity contribution is -0.134. The summed E-state index contributed by atoms with van der Waals surface area (Å²) in [6, 6.07) is 10.2. The number of carbonyl (C=O) groups excluding carboxylic acids is 1. The topological polar surface area (TPSA) is 116 Å². The number of hydrogen-bond acceptors (Lipinski definition) is 7. The first-order valence-corrected chi connectivity index (χ1v) is 14.5. The Balaban J connectivity index is 1.63. The highest BCUT2D eigenvalue weighted by molar-refractivity contribution is 7.88. The molecule has 0 unspecified atom stereocenters. The van der Waals surface area contributed by atoms with Gasteiger partial charge in [-0.25, -0.2) is 18.1 Å². The van der Waals surface area contributed by atoms with Crippen molar-refractivity contribution >= 4 is 21.7 Å². The summed E-state index contributed by atoms with van der Waals surface area (Å²) in [7, 11) is -1.68. The van der Waals surface area contributed by atoms with Gasteiger partial charge in [0, 0.05) is 50.8 Å². The standard InChI is InChI=1S/C27H35N5O4S/c1-18-17-31(12-13-32(18)24(33)11-14-36-3)27-23(15-28)19(2)25(26(30-27)22-9-10-22)21-7-5-20(6-8-21)16-29-37(4,34)35/h5-8,18,22,29H,9-14,16-17H2,1-4H3/t18-/m1/s1. The fourth-order valence-electron chi connectivity index (χ4n) is 4.95. The highest BCUT2D eigenvalue weighted by Gasteiger charge is 2.34. The molecule has 37 heavy (non-hydrogen) atoms. The molecule has 1 aromatic carbocycles. The molecule has 0 bridgehead atoms. The Morgan fingerprint density at radius 2 is 1.95 bits per heavy atom. The molecule has 9 nitrogen and oxygen atoms in total. The van der Waals surface area contributed by atoms with Gasteiger partial charge in [0.25, 0.3) is 0 Å². The van der Waals surface area contributed by atoms with E-state index in [0.717, 1.165) is 47.0 Å². The molecular formula is C27H35N5O4S. The number of nitrogens with zero attached hydrogens (tertiary/aromatic N) is 4. The molecule has 2 fully saturated rings. The predicted octanol–water partition coefficient (Wildman–Crippen LogP) is 2.93. The van der Waals surface area contributed by atoms with Gasteiger partial charge in [-0.05, 0) is 43.4 Å². The Morgan fingerprint density at radius 1 is 1.24 bits per heavy atom. The van der Waals surface area contributed by atoms with Gasteiger partial charge in [-0.15, -0.1) is 0 Å². The van der Waals surface area contributed by atoms with Crippen LogP contribution in [-0.2, 0) is 26.1 Å². The molecule has 1 aliphatic heterocycles. The van der Waals surface area contributed by atoms with Crippen LogP contribution in [0.4, 0.5) is 5.82 Å². The SMILES string of the molecule is COCCC(=O)N1CCN(c2nc(C3CC3)c(-c3ccc(CNS(C)(=O)=O)cc3)c(C)c2C#N)C[C@H]1C. The number of nitrogens with one attached hydrogen (secondary N) is 1. The Morgan fingerprint density at radius 3 is 2.51 bits per heavy atom. The third-order valence-electron chi connectivity index (χ3n) is 7.08. The van der Waals surface area contributed by atoms with Crippen molar-refractivity contribution in [2.45, 2.75) is 51.6 Å². The molecule has 1 N–H and O–H groups in total.